The van der Waals surface area contributed by atoms with Gasteiger partial charge in [-0.15, -0.1) is 9.32 Å². The molecule has 0 aliphatic heterocycles. The lowest BCUT2D eigenvalue weighted by molar-refractivity contribution is -0.195. The normalized spacial score (nSPS) is 10.2. The van der Waals surface area contributed by atoms with Crippen LogP contribution >= 0.6 is 12.0 Å². The Labute approximate surface area is 66.3 Å². The minimum Gasteiger partial charge on any atom is -0.182 e. The Balaban J connectivity index is 2.65. The van der Waals surface area contributed by atoms with Crippen molar-refractivity contribution in [1.29, 1.82) is 0 Å². The van der Waals surface area contributed by atoms with Gasteiger partial charge < -0.3 is 0 Å². The van der Waals surface area contributed by atoms with Crippen LogP contribution in [0.15, 0.2) is 0 Å². The van der Waals surface area contributed by atoms with Crippen LogP contribution in [0.4, 0.5) is 0 Å². The van der Waals surface area contributed by atoms with E-state index in [1.54, 1.807) is 0 Å². The molecule has 0 fully saturated rings. The highest BCUT2D eigenvalue weighted by atomic mass is 32.2. The van der Waals surface area contributed by atoms with Crippen LogP contribution in [0.25, 0.3) is 0 Å². The Bertz CT molecular complexity index is 55.7. The summed E-state index contributed by atoms with van der Waals surface area (Å²) in [6.07, 6.45) is 4.99. The zero-order valence-corrected chi connectivity index (χ0v) is 7.15. The SMILES string of the molecule is CCCCCCSOON. The average Bonchev–Trinajstić information content (AvgIpc) is 1.97. The minimum absolute atomic E-state index is 0.956. The zero-order chi connectivity index (χ0) is 7.66. The van der Waals surface area contributed by atoms with Gasteiger partial charge in [0.1, 0.15) is 0 Å². The fourth-order valence-electron chi connectivity index (χ4n) is 0.650. The summed E-state index contributed by atoms with van der Waals surface area (Å²) in [5.74, 6) is 5.58. The molecule has 0 saturated heterocycles. The van der Waals surface area contributed by atoms with Crippen molar-refractivity contribution in [1.82, 2.24) is 0 Å². The predicted octanol–water partition coefficient (Wildman–Crippen LogP) is 2.04. The minimum atomic E-state index is 0.956. The van der Waals surface area contributed by atoms with Gasteiger partial charge in [0.05, 0.1) is 0 Å². The van der Waals surface area contributed by atoms with Gasteiger partial charge in [-0.05, 0) is 6.42 Å². The van der Waals surface area contributed by atoms with Crippen molar-refractivity contribution in [2.45, 2.75) is 32.6 Å². The van der Waals surface area contributed by atoms with Crippen LogP contribution in [0, 0.1) is 0 Å². The highest BCUT2D eigenvalue weighted by Gasteiger charge is 1.89. The van der Waals surface area contributed by atoms with Gasteiger partial charge in [0.2, 0.25) is 0 Å². The van der Waals surface area contributed by atoms with Crippen molar-refractivity contribution < 1.29 is 9.32 Å². The van der Waals surface area contributed by atoms with Crippen LogP contribution in [-0.4, -0.2) is 5.75 Å². The molecule has 3 nitrogen and oxygen atoms in total. The number of unbranched alkanes of at least 4 members (excludes halogenated alkanes) is 3. The molecule has 62 valence electrons. The molecular formula is C6H15NO2S. The first-order valence-electron chi connectivity index (χ1n) is 3.56. The van der Waals surface area contributed by atoms with Crippen LogP contribution in [0.3, 0.4) is 0 Å². The topological polar surface area (TPSA) is 44.5 Å². The maximum atomic E-state index is 4.63. The van der Waals surface area contributed by atoms with E-state index in [2.05, 4.69) is 22.1 Å². The molecule has 0 saturated carbocycles. The van der Waals surface area contributed by atoms with Crippen molar-refractivity contribution in [2.24, 2.45) is 5.90 Å². The first-order valence-corrected chi connectivity index (χ1v) is 4.48. The summed E-state index contributed by atoms with van der Waals surface area (Å²) >= 11 is 1.26. The Morgan fingerprint density at radius 3 is 2.70 bits per heavy atom. The molecule has 0 atom stereocenters. The van der Waals surface area contributed by atoms with Crippen LogP contribution in [-0.2, 0) is 9.32 Å². The van der Waals surface area contributed by atoms with E-state index in [4.69, 9.17) is 0 Å². The van der Waals surface area contributed by atoms with E-state index < -0.39 is 0 Å². The summed E-state index contributed by atoms with van der Waals surface area (Å²) in [6, 6.07) is 0. The highest BCUT2D eigenvalue weighted by Crippen LogP contribution is 2.07. The number of nitrogens with two attached hydrogens (primary N) is 1. The number of rotatable bonds is 7. The lowest BCUT2D eigenvalue weighted by atomic mass is 10.2. The van der Waals surface area contributed by atoms with E-state index in [1.807, 2.05) is 0 Å². The molecule has 0 amide bonds. The molecule has 0 aliphatic rings. The van der Waals surface area contributed by atoms with E-state index in [9.17, 15) is 0 Å². The molecule has 0 spiro atoms. The summed E-state index contributed by atoms with van der Waals surface area (Å²) < 4.78 is 4.41. The van der Waals surface area contributed by atoms with Crippen molar-refractivity contribution in [3.8, 4) is 0 Å². The van der Waals surface area contributed by atoms with Gasteiger partial charge in [-0.2, -0.15) is 5.90 Å². The number of hydrogen-bond acceptors (Lipinski definition) is 4. The van der Waals surface area contributed by atoms with Crippen molar-refractivity contribution in [3.63, 3.8) is 0 Å². The standard InChI is InChI=1S/C6H15NO2S/c1-2-3-4-5-6-10-9-8-7/h2-7H2,1H3. The molecular weight excluding hydrogens is 150 g/mol. The molecule has 0 radical (unpaired) electrons. The van der Waals surface area contributed by atoms with Gasteiger partial charge in [-0.1, -0.05) is 26.2 Å². The second-order valence-electron chi connectivity index (χ2n) is 2.05. The van der Waals surface area contributed by atoms with Crippen LogP contribution in [0.1, 0.15) is 32.6 Å². The Morgan fingerprint density at radius 2 is 2.10 bits per heavy atom. The van der Waals surface area contributed by atoms with Gasteiger partial charge in [0.25, 0.3) is 0 Å². The van der Waals surface area contributed by atoms with Gasteiger partial charge in [-0.25, -0.2) is 0 Å². The Hall–Kier alpha value is 0.230. The van der Waals surface area contributed by atoms with E-state index in [1.165, 1.54) is 37.7 Å². The molecule has 0 bridgehead atoms. The van der Waals surface area contributed by atoms with Gasteiger partial charge in [0.15, 0.2) is 0 Å². The molecule has 2 N–H and O–H groups in total. The fraction of sp³-hybridized carbons (Fsp3) is 1.00. The maximum absolute atomic E-state index is 4.63. The lowest BCUT2D eigenvalue weighted by Gasteiger charge is -1.96. The number of hydrogen-bond donors (Lipinski definition) is 1. The molecule has 0 aromatic heterocycles. The molecule has 0 aromatic carbocycles. The third kappa shape index (κ3) is 8.23. The molecule has 10 heavy (non-hydrogen) atoms. The molecule has 0 rings (SSSR count). The molecule has 4 heteroatoms. The van der Waals surface area contributed by atoms with Crippen LogP contribution in [0.5, 0.6) is 0 Å². The van der Waals surface area contributed by atoms with Gasteiger partial charge in [-0.3, -0.25) is 0 Å². The molecule has 0 heterocycles. The summed E-state index contributed by atoms with van der Waals surface area (Å²) in [6.45, 7) is 2.19. The van der Waals surface area contributed by atoms with Crippen LogP contribution < -0.4 is 5.90 Å². The van der Waals surface area contributed by atoms with Crippen LogP contribution in [0.2, 0.25) is 0 Å². The Morgan fingerprint density at radius 1 is 1.30 bits per heavy atom. The largest absolute Gasteiger partial charge is 0.182 e. The second-order valence-corrected chi connectivity index (χ2v) is 2.83. The monoisotopic (exact) mass is 165 g/mol. The van der Waals surface area contributed by atoms with Crippen molar-refractivity contribution >= 4 is 12.0 Å². The smallest absolute Gasteiger partial charge is 0.0334 e. The van der Waals surface area contributed by atoms with Gasteiger partial charge in [0, 0.05) is 17.8 Å². The van der Waals surface area contributed by atoms with E-state index in [0.717, 1.165) is 5.75 Å². The molecule has 0 aromatic rings. The van der Waals surface area contributed by atoms with Crippen molar-refractivity contribution in [3.05, 3.63) is 0 Å². The third-order valence-corrected chi connectivity index (χ3v) is 1.80. The third-order valence-electron chi connectivity index (χ3n) is 1.17. The summed E-state index contributed by atoms with van der Waals surface area (Å²) in [7, 11) is 0. The predicted molar refractivity (Wildman–Crippen MR) is 43.0 cm³/mol. The highest BCUT2D eigenvalue weighted by molar-refractivity contribution is 7.94. The average molecular weight is 165 g/mol. The van der Waals surface area contributed by atoms with E-state index in [-0.39, 0.29) is 0 Å². The molecule has 0 unspecified atom stereocenters. The summed E-state index contributed by atoms with van der Waals surface area (Å²) in [5, 5.41) is 0. The first-order chi connectivity index (χ1) is 4.91. The van der Waals surface area contributed by atoms with Crippen molar-refractivity contribution in [2.75, 3.05) is 5.75 Å². The first kappa shape index (κ1) is 10.2. The van der Waals surface area contributed by atoms with Gasteiger partial charge >= 0.3 is 0 Å². The zero-order valence-electron chi connectivity index (χ0n) is 6.34. The lowest BCUT2D eigenvalue weighted by Crippen LogP contribution is -1.94. The molecule has 0 aliphatic carbocycles. The quantitative estimate of drug-likeness (QED) is 0.271. The summed E-state index contributed by atoms with van der Waals surface area (Å²) in [4.78, 5) is 3.91. The van der Waals surface area contributed by atoms with E-state index in [0.29, 0.717) is 0 Å². The second kappa shape index (κ2) is 9.23. The fourth-order valence-corrected chi connectivity index (χ4v) is 1.10. The maximum Gasteiger partial charge on any atom is 0.0334 e. The van der Waals surface area contributed by atoms with E-state index >= 15 is 0 Å². The Kier molecular flexibility index (Phi) is 9.44. The summed E-state index contributed by atoms with van der Waals surface area (Å²) in [5.41, 5.74) is 0.